The quantitative estimate of drug-likeness (QED) is 0.799. The molecule has 2 aliphatic heterocycles. The van der Waals surface area contributed by atoms with Crippen molar-refractivity contribution in [2.45, 2.75) is 45.1 Å². The molecule has 1 amide bonds. The van der Waals surface area contributed by atoms with E-state index in [1.807, 2.05) is 18.2 Å². The number of halogens is 1. The second kappa shape index (κ2) is 8.91. The molecule has 0 N–H and O–H groups in total. The van der Waals surface area contributed by atoms with Gasteiger partial charge in [-0.2, -0.15) is 0 Å². The average molecular weight is 364 g/mol. The first-order valence-corrected chi connectivity index (χ1v) is 10.1. The van der Waals surface area contributed by atoms with Crippen LogP contribution in [0.25, 0.3) is 0 Å². The maximum atomic E-state index is 12.6. The Morgan fingerprint density at radius 3 is 2.68 bits per heavy atom. The van der Waals surface area contributed by atoms with Gasteiger partial charge in [-0.25, -0.2) is 0 Å². The first kappa shape index (κ1) is 18.5. The molecule has 0 bridgehead atoms. The molecule has 4 nitrogen and oxygen atoms in total. The molecule has 25 heavy (non-hydrogen) atoms. The predicted molar refractivity (Wildman–Crippen MR) is 104 cm³/mol. The summed E-state index contributed by atoms with van der Waals surface area (Å²) < 4.78 is 0. The van der Waals surface area contributed by atoms with Gasteiger partial charge in [0.05, 0.1) is 0 Å². The zero-order valence-corrected chi connectivity index (χ0v) is 16.0. The van der Waals surface area contributed by atoms with Gasteiger partial charge in [0.25, 0.3) is 0 Å². The zero-order chi connectivity index (χ0) is 17.6. The van der Waals surface area contributed by atoms with Crippen LogP contribution >= 0.6 is 11.6 Å². The van der Waals surface area contributed by atoms with Gasteiger partial charge in [0.1, 0.15) is 0 Å². The third-order valence-electron chi connectivity index (χ3n) is 5.61. The molecule has 138 valence electrons. The second-order valence-corrected chi connectivity index (χ2v) is 7.64. The Balaban J connectivity index is 1.44. The summed E-state index contributed by atoms with van der Waals surface area (Å²) in [5.41, 5.74) is 1.20. The highest BCUT2D eigenvalue weighted by Crippen LogP contribution is 2.22. The van der Waals surface area contributed by atoms with Gasteiger partial charge in [0.15, 0.2) is 0 Å². The minimum atomic E-state index is 0.351. The summed E-state index contributed by atoms with van der Waals surface area (Å²) in [6, 6.07) is 8.54. The van der Waals surface area contributed by atoms with Crippen LogP contribution in [0, 0.1) is 0 Å². The summed E-state index contributed by atoms with van der Waals surface area (Å²) in [4.78, 5) is 19.5. The Bertz CT molecular complexity index is 572. The zero-order valence-electron chi connectivity index (χ0n) is 15.3. The lowest BCUT2D eigenvalue weighted by molar-refractivity contribution is -0.135. The van der Waals surface area contributed by atoms with E-state index in [1.54, 1.807) is 0 Å². The maximum Gasteiger partial charge on any atom is 0.224 e. The van der Waals surface area contributed by atoms with Gasteiger partial charge in [-0.05, 0) is 43.9 Å². The van der Waals surface area contributed by atoms with Crippen LogP contribution in [0.4, 0.5) is 5.69 Å². The maximum absolute atomic E-state index is 12.6. The number of carbonyl (C=O) groups excluding carboxylic acids is 1. The number of amides is 1. The third-order valence-corrected chi connectivity index (χ3v) is 5.84. The fraction of sp³-hybridized carbons (Fsp3) is 0.650. The Morgan fingerprint density at radius 1 is 1.16 bits per heavy atom. The van der Waals surface area contributed by atoms with E-state index in [0.717, 1.165) is 50.7 Å². The van der Waals surface area contributed by atoms with E-state index < -0.39 is 0 Å². The normalized spacial score (nSPS) is 22.2. The van der Waals surface area contributed by atoms with Crippen LogP contribution < -0.4 is 4.90 Å². The van der Waals surface area contributed by atoms with Gasteiger partial charge < -0.3 is 9.80 Å². The number of anilines is 1. The van der Waals surface area contributed by atoms with Crippen LogP contribution in [0.5, 0.6) is 0 Å². The number of piperidine rings is 1. The standard InChI is InChI=1S/C20H30ClN3O/c1-2-18-7-3-4-10-24(18)20(25)9-11-22-12-14-23(15-13-22)19-8-5-6-17(21)16-19/h5-6,8,16,18H,2-4,7,9-15H2,1H3. The smallest absolute Gasteiger partial charge is 0.224 e. The van der Waals surface area contributed by atoms with Crippen molar-refractivity contribution in [1.82, 2.24) is 9.80 Å². The van der Waals surface area contributed by atoms with Crippen molar-refractivity contribution in [3.63, 3.8) is 0 Å². The minimum Gasteiger partial charge on any atom is -0.369 e. The van der Waals surface area contributed by atoms with Crippen molar-refractivity contribution in [1.29, 1.82) is 0 Å². The summed E-state index contributed by atoms with van der Waals surface area (Å²) in [7, 11) is 0. The van der Waals surface area contributed by atoms with Gasteiger partial charge in [0, 0.05) is 62.4 Å². The molecular weight excluding hydrogens is 334 g/mol. The van der Waals surface area contributed by atoms with Crippen molar-refractivity contribution < 1.29 is 4.79 Å². The predicted octanol–water partition coefficient (Wildman–Crippen LogP) is 3.64. The molecule has 3 rings (SSSR count). The largest absolute Gasteiger partial charge is 0.369 e. The minimum absolute atomic E-state index is 0.351. The summed E-state index contributed by atoms with van der Waals surface area (Å²) in [5.74, 6) is 0.351. The van der Waals surface area contributed by atoms with Crippen LogP contribution in [0.2, 0.25) is 5.02 Å². The highest BCUT2D eigenvalue weighted by atomic mass is 35.5. The number of piperazine rings is 1. The fourth-order valence-corrected chi connectivity index (χ4v) is 4.24. The first-order chi connectivity index (χ1) is 12.2. The molecule has 0 radical (unpaired) electrons. The molecular formula is C20H30ClN3O. The van der Waals surface area contributed by atoms with Gasteiger partial charge in [-0.1, -0.05) is 24.6 Å². The SMILES string of the molecule is CCC1CCCCN1C(=O)CCN1CCN(c2cccc(Cl)c2)CC1. The van der Waals surface area contributed by atoms with Crippen molar-refractivity contribution in [3.05, 3.63) is 29.3 Å². The van der Waals surface area contributed by atoms with Gasteiger partial charge in [-0.3, -0.25) is 9.69 Å². The topological polar surface area (TPSA) is 26.8 Å². The molecule has 2 saturated heterocycles. The Kier molecular flexibility index (Phi) is 6.60. The fourth-order valence-electron chi connectivity index (χ4n) is 4.05. The first-order valence-electron chi connectivity index (χ1n) is 9.69. The molecule has 1 aromatic rings. The molecule has 2 aliphatic rings. The van der Waals surface area contributed by atoms with Crippen LogP contribution in [0.3, 0.4) is 0 Å². The molecule has 5 heteroatoms. The molecule has 0 aliphatic carbocycles. The highest BCUT2D eigenvalue weighted by Gasteiger charge is 2.26. The Morgan fingerprint density at radius 2 is 1.96 bits per heavy atom. The lowest BCUT2D eigenvalue weighted by Gasteiger charge is -2.38. The van der Waals surface area contributed by atoms with Crippen molar-refractivity contribution in [2.75, 3.05) is 44.2 Å². The summed E-state index contributed by atoms with van der Waals surface area (Å²) in [6.45, 7) is 8.06. The molecule has 0 aromatic heterocycles. The van der Waals surface area contributed by atoms with Crippen molar-refractivity contribution in [2.24, 2.45) is 0 Å². The Labute approximate surface area is 156 Å². The number of likely N-dealkylation sites (tertiary alicyclic amines) is 1. The van der Waals surface area contributed by atoms with Crippen LogP contribution in [-0.2, 0) is 4.79 Å². The number of nitrogens with zero attached hydrogens (tertiary/aromatic N) is 3. The van der Waals surface area contributed by atoms with E-state index in [2.05, 4.69) is 27.7 Å². The summed E-state index contributed by atoms with van der Waals surface area (Å²) in [5, 5.41) is 0.789. The lowest BCUT2D eigenvalue weighted by atomic mass is 9.99. The molecule has 1 unspecified atom stereocenters. The highest BCUT2D eigenvalue weighted by molar-refractivity contribution is 6.30. The number of rotatable bonds is 5. The summed E-state index contributed by atoms with van der Waals surface area (Å²) in [6.07, 6.45) is 5.37. The molecule has 1 atom stereocenters. The number of hydrogen-bond acceptors (Lipinski definition) is 3. The van der Waals surface area contributed by atoms with E-state index in [4.69, 9.17) is 11.6 Å². The number of hydrogen-bond donors (Lipinski definition) is 0. The van der Waals surface area contributed by atoms with Crippen molar-refractivity contribution in [3.8, 4) is 0 Å². The average Bonchev–Trinajstić information content (AvgIpc) is 2.66. The van der Waals surface area contributed by atoms with E-state index in [0.29, 0.717) is 18.4 Å². The van der Waals surface area contributed by atoms with Crippen LogP contribution in [0.1, 0.15) is 39.0 Å². The third kappa shape index (κ3) is 4.89. The molecule has 0 spiro atoms. The molecule has 2 heterocycles. The van der Waals surface area contributed by atoms with E-state index >= 15 is 0 Å². The molecule has 0 saturated carbocycles. The number of carbonyl (C=O) groups is 1. The molecule has 1 aromatic carbocycles. The van der Waals surface area contributed by atoms with Gasteiger partial charge in [0.2, 0.25) is 5.91 Å². The van der Waals surface area contributed by atoms with E-state index in [-0.39, 0.29) is 0 Å². The van der Waals surface area contributed by atoms with E-state index in [1.165, 1.54) is 24.9 Å². The number of benzene rings is 1. The Hall–Kier alpha value is -1.26. The lowest BCUT2D eigenvalue weighted by Crippen LogP contribution is -2.48. The van der Waals surface area contributed by atoms with Crippen LogP contribution in [-0.4, -0.2) is 61.0 Å². The van der Waals surface area contributed by atoms with Gasteiger partial charge in [-0.15, -0.1) is 0 Å². The van der Waals surface area contributed by atoms with Gasteiger partial charge >= 0.3 is 0 Å². The monoisotopic (exact) mass is 363 g/mol. The molecule has 2 fully saturated rings. The summed E-state index contributed by atoms with van der Waals surface area (Å²) >= 11 is 6.10. The second-order valence-electron chi connectivity index (χ2n) is 7.20. The van der Waals surface area contributed by atoms with E-state index in [9.17, 15) is 4.79 Å². The van der Waals surface area contributed by atoms with Crippen LogP contribution in [0.15, 0.2) is 24.3 Å². The van der Waals surface area contributed by atoms with Crippen molar-refractivity contribution >= 4 is 23.2 Å².